The first-order valence-electron chi connectivity index (χ1n) is 4.54. The fourth-order valence-electron chi connectivity index (χ4n) is 0.896. The van der Waals surface area contributed by atoms with E-state index >= 15 is 0 Å². The van der Waals surface area contributed by atoms with E-state index in [0.717, 1.165) is 11.4 Å². The van der Waals surface area contributed by atoms with Gasteiger partial charge in [-0.3, -0.25) is 9.97 Å². The summed E-state index contributed by atoms with van der Waals surface area (Å²) >= 11 is 0. The molecular weight excluding hydrogens is 234 g/mol. The van der Waals surface area contributed by atoms with Crippen LogP contribution in [0.2, 0.25) is 0 Å². The lowest BCUT2D eigenvalue weighted by molar-refractivity contribution is 1.20. The monoisotopic (exact) mass is 254 g/mol. The zero-order valence-electron chi connectivity index (χ0n) is 9.93. The maximum Gasteiger partial charge on any atom is 0.0372 e. The van der Waals surface area contributed by atoms with Crippen molar-refractivity contribution in [2.75, 3.05) is 0 Å². The number of aromatic nitrogens is 2. The molecule has 16 heavy (non-hydrogen) atoms. The molecule has 0 saturated carbocycles. The van der Waals surface area contributed by atoms with E-state index in [4.69, 9.17) is 0 Å². The van der Waals surface area contributed by atoms with Crippen LogP contribution in [0.25, 0.3) is 0 Å². The SMILES string of the molecule is Cc1ccccn1.Cc1ccccn1.P.P. The van der Waals surface area contributed by atoms with E-state index in [2.05, 4.69) is 9.97 Å². The molecule has 2 heterocycles. The molecule has 2 rings (SSSR count). The Hall–Kier alpha value is -0.840. The highest BCUT2D eigenvalue weighted by molar-refractivity contribution is 6.92. The largest absolute Gasteiger partial charge is 0.262 e. The number of hydrogen-bond donors (Lipinski definition) is 0. The summed E-state index contributed by atoms with van der Waals surface area (Å²) in [5.41, 5.74) is 2.14. The van der Waals surface area contributed by atoms with Gasteiger partial charge in [0.05, 0.1) is 0 Å². The summed E-state index contributed by atoms with van der Waals surface area (Å²) in [6.07, 6.45) is 3.57. The second-order valence-corrected chi connectivity index (χ2v) is 2.94. The van der Waals surface area contributed by atoms with Crippen LogP contribution >= 0.6 is 19.8 Å². The van der Waals surface area contributed by atoms with Gasteiger partial charge in [-0.1, -0.05) is 12.1 Å². The molecule has 0 bridgehead atoms. The molecule has 0 aliphatic rings. The number of nitrogens with zero attached hydrogens (tertiary/aromatic N) is 2. The fourth-order valence-corrected chi connectivity index (χ4v) is 0.896. The lowest BCUT2D eigenvalue weighted by Gasteiger charge is -1.82. The quantitative estimate of drug-likeness (QED) is 0.675. The van der Waals surface area contributed by atoms with Crippen LogP contribution in [-0.2, 0) is 0 Å². The van der Waals surface area contributed by atoms with Crippen LogP contribution in [-0.4, -0.2) is 9.97 Å². The molecule has 0 aliphatic carbocycles. The second-order valence-electron chi connectivity index (χ2n) is 2.94. The van der Waals surface area contributed by atoms with Gasteiger partial charge in [-0.15, -0.1) is 0 Å². The van der Waals surface area contributed by atoms with Gasteiger partial charge >= 0.3 is 0 Å². The molecule has 2 unspecified atom stereocenters. The molecule has 2 aromatic rings. The predicted molar refractivity (Wildman–Crippen MR) is 80.2 cm³/mol. The van der Waals surface area contributed by atoms with Gasteiger partial charge in [-0.25, -0.2) is 0 Å². The van der Waals surface area contributed by atoms with Crippen molar-refractivity contribution in [1.82, 2.24) is 9.97 Å². The van der Waals surface area contributed by atoms with E-state index in [9.17, 15) is 0 Å². The molecule has 0 aromatic carbocycles. The van der Waals surface area contributed by atoms with E-state index in [1.807, 2.05) is 50.2 Å². The van der Waals surface area contributed by atoms with E-state index < -0.39 is 0 Å². The lowest BCUT2D eigenvalue weighted by Crippen LogP contribution is -1.72. The summed E-state index contributed by atoms with van der Waals surface area (Å²) < 4.78 is 0. The molecule has 0 amide bonds. The molecule has 2 atom stereocenters. The topological polar surface area (TPSA) is 25.8 Å². The van der Waals surface area contributed by atoms with Crippen LogP contribution in [0.4, 0.5) is 0 Å². The van der Waals surface area contributed by atoms with Crippen molar-refractivity contribution < 1.29 is 0 Å². The van der Waals surface area contributed by atoms with Crippen LogP contribution in [0, 0.1) is 13.8 Å². The van der Waals surface area contributed by atoms with Crippen LogP contribution in [0.5, 0.6) is 0 Å². The highest BCUT2D eigenvalue weighted by atomic mass is 31.0. The minimum atomic E-state index is 0. The van der Waals surface area contributed by atoms with Gasteiger partial charge in [0, 0.05) is 23.8 Å². The van der Waals surface area contributed by atoms with Crippen molar-refractivity contribution >= 4 is 19.8 Å². The Labute approximate surface area is 104 Å². The first-order valence-corrected chi connectivity index (χ1v) is 4.54. The third kappa shape index (κ3) is 8.47. The average Bonchev–Trinajstić information content (AvgIpc) is 2.21. The van der Waals surface area contributed by atoms with Crippen LogP contribution in [0.15, 0.2) is 48.8 Å². The summed E-state index contributed by atoms with van der Waals surface area (Å²) in [5, 5.41) is 0. The molecule has 0 aliphatic heterocycles. The van der Waals surface area contributed by atoms with Gasteiger partial charge < -0.3 is 0 Å². The van der Waals surface area contributed by atoms with Gasteiger partial charge in [0.1, 0.15) is 0 Å². The Kier molecular flexibility index (Phi) is 11.7. The minimum absolute atomic E-state index is 0. The van der Waals surface area contributed by atoms with Gasteiger partial charge in [0.15, 0.2) is 0 Å². The molecular formula is C12H20N2P2. The van der Waals surface area contributed by atoms with Gasteiger partial charge in [0.2, 0.25) is 0 Å². The number of aryl methyl sites for hydroxylation is 2. The smallest absolute Gasteiger partial charge is 0.0372 e. The first kappa shape index (κ1) is 17.6. The molecule has 0 fully saturated rings. The Bertz CT molecular complexity index is 314. The molecule has 2 nitrogen and oxygen atoms in total. The van der Waals surface area contributed by atoms with Gasteiger partial charge in [-0.2, -0.15) is 19.8 Å². The van der Waals surface area contributed by atoms with E-state index in [-0.39, 0.29) is 19.8 Å². The number of pyridine rings is 2. The van der Waals surface area contributed by atoms with Gasteiger partial charge in [0.25, 0.3) is 0 Å². The molecule has 0 N–H and O–H groups in total. The zero-order chi connectivity index (χ0) is 10.2. The molecule has 0 saturated heterocycles. The van der Waals surface area contributed by atoms with Crippen molar-refractivity contribution in [3.8, 4) is 0 Å². The van der Waals surface area contributed by atoms with Crippen molar-refractivity contribution in [2.45, 2.75) is 13.8 Å². The fraction of sp³-hybridized carbons (Fsp3) is 0.167. The molecule has 0 radical (unpaired) electrons. The van der Waals surface area contributed by atoms with Gasteiger partial charge in [-0.05, 0) is 38.1 Å². The van der Waals surface area contributed by atoms with E-state index in [0.29, 0.717) is 0 Å². The standard InChI is InChI=1S/2C6H7N.2H3P/c2*1-6-4-2-3-5-7-6;;/h2*2-5H,1H3;2*1H3. The van der Waals surface area contributed by atoms with Crippen molar-refractivity contribution in [3.05, 3.63) is 60.2 Å². The Balaban J connectivity index is 0. The van der Waals surface area contributed by atoms with Crippen LogP contribution < -0.4 is 0 Å². The second kappa shape index (κ2) is 10.7. The Morgan fingerprint density at radius 2 is 1.06 bits per heavy atom. The third-order valence-corrected chi connectivity index (χ3v) is 1.63. The van der Waals surface area contributed by atoms with Crippen LogP contribution in [0.1, 0.15) is 11.4 Å². The predicted octanol–water partition coefficient (Wildman–Crippen LogP) is 2.90. The maximum atomic E-state index is 3.98. The Morgan fingerprint density at radius 3 is 1.19 bits per heavy atom. The molecule has 88 valence electrons. The summed E-state index contributed by atoms with van der Waals surface area (Å²) in [7, 11) is 0. The Morgan fingerprint density at radius 1 is 0.688 bits per heavy atom. The first-order chi connectivity index (χ1) is 6.79. The maximum absolute atomic E-state index is 3.98. The number of hydrogen-bond acceptors (Lipinski definition) is 2. The van der Waals surface area contributed by atoms with Crippen molar-refractivity contribution in [1.29, 1.82) is 0 Å². The van der Waals surface area contributed by atoms with Crippen molar-refractivity contribution in [3.63, 3.8) is 0 Å². The summed E-state index contributed by atoms with van der Waals surface area (Å²) in [6.45, 7) is 3.94. The average molecular weight is 254 g/mol. The highest BCUT2D eigenvalue weighted by Crippen LogP contribution is 1.86. The third-order valence-electron chi connectivity index (χ3n) is 1.63. The molecule has 0 spiro atoms. The number of rotatable bonds is 0. The zero-order valence-corrected chi connectivity index (χ0v) is 12.8. The normalized spacial score (nSPS) is 7.62. The summed E-state index contributed by atoms with van der Waals surface area (Å²) in [4.78, 5) is 7.96. The highest BCUT2D eigenvalue weighted by Gasteiger charge is 1.74. The summed E-state index contributed by atoms with van der Waals surface area (Å²) in [5.74, 6) is 0. The molecule has 4 heteroatoms. The van der Waals surface area contributed by atoms with E-state index in [1.165, 1.54) is 0 Å². The minimum Gasteiger partial charge on any atom is -0.262 e. The van der Waals surface area contributed by atoms with Crippen molar-refractivity contribution in [2.24, 2.45) is 0 Å². The van der Waals surface area contributed by atoms with E-state index in [1.54, 1.807) is 12.4 Å². The lowest BCUT2D eigenvalue weighted by atomic mass is 10.4. The van der Waals surface area contributed by atoms with Crippen LogP contribution in [0.3, 0.4) is 0 Å². The summed E-state index contributed by atoms with van der Waals surface area (Å²) in [6, 6.07) is 11.7. The molecule has 2 aromatic heterocycles.